The average Bonchev–Trinajstić information content (AvgIpc) is 2.35. The van der Waals surface area contributed by atoms with E-state index in [0.29, 0.717) is 10.1 Å². The smallest absolute Gasteiger partial charge is 0.175 e. The number of pyridine rings is 1. The van der Waals surface area contributed by atoms with Gasteiger partial charge >= 0.3 is 0 Å². The highest BCUT2D eigenvalue weighted by Gasteiger charge is 2.01. The Balaban J connectivity index is 2.01. The Morgan fingerprint density at radius 1 is 1.22 bits per heavy atom. The number of rotatable bonds is 2. The minimum Gasteiger partial charge on any atom is -0.332 e. The van der Waals surface area contributed by atoms with Crippen molar-refractivity contribution in [3.05, 3.63) is 53.3 Å². The van der Waals surface area contributed by atoms with Gasteiger partial charge in [-0.05, 0) is 49.0 Å². The van der Waals surface area contributed by atoms with Crippen LogP contribution in [0.2, 0.25) is 5.02 Å². The van der Waals surface area contributed by atoms with Crippen LogP contribution in [-0.2, 0) is 0 Å². The molecule has 0 aliphatic rings. The van der Waals surface area contributed by atoms with E-state index in [1.807, 2.05) is 37.3 Å². The van der Waals surface area contributed by atoms with Crippen LogP contribution in [0.3, 0.4) is 0 Å². The van der Waals surface area contributed by atoms with E-state index in [4.69, 9.17) is 23.8 Å². The van der Waals surface area contributed by atoms with Crippen LogP contribution < -0.4 is 10.6 Å². The van der Waals surface area contributed by atoms with Crippen molar-refractivity contribution in [1.82, 2.24) is 4.98 Å². The standard InChI is InChI=1S/C13H12ClN3S/c1-9-4-5-10(7-12(9)14)16-13(18)17-11-3-2-6-15-8-11/h2-8H,1H3,(H2,16,17,18). The molecule has 3 nitrogen and oxygen atoms in total. The molecule has 1 heterocycles. The summed E-state index contributed by atoms with van der Waals surface area (Å²) >= 11 is 11.2. The van der Waals surface area contributed by atoms with E-state index in [1.165, 1.54) is 0 Å². The summed E-state index contributed by atoms with van der Waals surface area (Å²) in [6, 6.07) is 9.45. The minimum atomic E-state index is 0.503. The van der Waals surface area contributed by atoms with Crippen LogP contribution in [-0.4, -0.2) is 10.1 Å². The Kier molecular flexibility index (Phi) is 4.12. The van der Waals surface area contributed by atoms with Crippen molar-refractivity contribution in [1.29, 1.82) is 0 Å². The summed E-state index contributed by atoms with van der Waals surface area (Å²) in [6.45, 7) is 1.96. The Bertz CT molecular complexity index is 557. The Morgan fingerprint density at radius 2 is 2.00 bits per heavy atom. The minimum absolute atomic E-state index is 0.503. The molecular weight excluding hydrogens is 266 g/mol. The summed E-state index contributed by atoms with van der Waals surface area (Å²) in [5, 5.41) is 7.32. The first-order chi connectivity index (χ1) is 8.65. The molecule has 0 fully saturated rings. The molecule has 0 bridgehead atoms. The van der Waals surface area contributed by atoms with E-state index in [-0.39, 0.29) is 0 Å². The van der Waals surface area contributed by atoms with Crippen LogP contribution in [0.4, 0.5) is 11.4 Å². The van der Waals surface area contributed by atoms with Gasteiger partial charge < -0.3 is 10.6 Å². The van der Waals surface area contributed by atoms with Gasteiger partial charge in [-0.15, -0.1) is 0 Å². The van der Waals surface area contributed by atoms with Crippen molar-refractivity contribution in [3.63, 3.8) is 0 Å². The maximum Gasteiger partial charge on any atom is 0.175 e. The third kappa shape index (κ3) is 3.42. The summed E-state index contributed by atoms with van der Waals surface area (Å²) in [5.41, 5.74) is 2.73. The molecule has 0 spiro atoms. The van der Waals surface area contributed by atoms with Gasteiger partial charge in [0.05, 0.1) is 11.9 Å². The van der Waals surface area contributed by atoms with Crippen LogP contribution in [0.25, 0.3) is 0 Å². The highest BCUT2D eigenvalue weighted by molar-refractivity contribution is 7.80. The predicted molar refractivity (Wildman–Crippen MR) is 80.3 cm³/mol. The fourth-order valence-corrected chi connectivity index (χ4v) is 1.82. The average molecular weight is 278 g/mol. The quantitative estimate of drug-likeness (QED) is 0.818. The molecule has 0 amide bonds. The summed E-state index contributed by atoms with van der Waals surface area (Å²) < 4.78 is 0. The van der Waals surface area contributed by atoms with Gasteiger partial charge in [-0.25, -0.2) is 0 Å². The van der Waals surface area contributed by atoms with Crippen LogP contribution in [0, 0.1) is 6.92 Å². The molecular formula is C13H12ClN3S. The largest absolute Gasteiger partial charge is 0.332 e. The first-order valence-corrected chi connectivity index (χ1v) is 6.18. The zero-order chi connectivity index (χ0) is 13.0. The van der Waals surface area contributed by atoms with Gasteiger partial charge in [-0.3, -0.25) is 4.98 Å². The van der Waals surface area contributed by atoms with Gasteiger partial charge in [0, 0.05) is 16.9 Å². The number of aryl methyl sites for hydroxylation is 1. The molecule has 5 heteroatoms. The van der Waals surface area contributed by atoms with Crippen LogP contribution >= 0.6 is 23.8 Å². The number of hydrogen-bond donors (Lipinski definition) is 2. The van der Waals surface area contributed by atoms with Crippen molar-refractivity contribution in [2.75, 3.05) is 10.6 Å². The molecule has 0 radical (unpaired) electrons. The van der Waals surface area contributed by atoms with Crippen molar-refractivity contribution >= 4 is 40.3 Å². The molecule has 0 saturated heterocycles. The zero-order valence-electron chi connectivity index (χ0n) is 9.77. The fourth-order valence-electron chi connectivity index (χ4n) is 1.40. The van der Waals surface area contributed by atoms with Gasteiger partial charge in [0.2, 0.25) is 0 Å². The molecule has 1 aromatic heterocycles. The Hall–Kier alpha value is -1.65. The lowest BCUT2D eigenvalue weighted by Gasteiger charge is -2.10. The molecule has 92 valence electrons. The van der Waals surface area contributed by atoms with Crippen LogP contribution in [0.5, 0.6) is 0 Å². The number of nitrogens with one attached hydrogen (secondary N) is 2. The molecule has 0 saturated carbocycles. The van der Waals surface area contributed by atoms with E-state index < -0.39 is 0 Å². The maximum absolute atomic E-state index is 6.04. The maximum atomic E-state index is 6.04. The number of anilines is 2. The third-order valence-electron chi connectivity index (χ3n) is 2.35. The summed E-state index contributed by atoms with van der Waals surface area (Å²) in [5.74, 6) is 0. The molecule has 0 aliphatic heterocycles. The van der Waals surface area contributed by atoms with E-state index in [9.17, 15) is 0 Å². The van der Waals surface area contributed by atoms with Crippen LogP contribution in [0.1, 0.15) is 5.56 Å². The number of nitrogens with zero attached hydrogens (tertiary/aromatic N) is 1. The molecule has 2 N–H and O–H groups in total. The third-order valence-corrected chi connectivity index (χ3v) is 2.96. The number of benzene rings is 1. The molecule has 0 aliphatic carbocycles. The lowest BCUT2D eigenvalue weighted by atomic mass is 10.2. The van der Waals surface area contributed by atoms with Crippen molar-refractivity contribution in [2.24, 2.45) is 0 Å². The summed E-state index contributed by atoms with van der Waals surface area (Å²) in [4.78, 5) is 4.00. The van der Waals surface area contributed by atoms with Gasteiger partial charge in [-0.2, -0.15) is 0 Å². The number of aromatic nitrogens is 1. The molecule has 2 rings (SSSR count). The molecule has 1 aromatic carbocycles. The van der Waals surface area contributed by atoms with Gasteiger partial charge in [0.25, 0.3) is 0 Å². The molecule has 2 aromatic rings. The summed E-state index contributed by atoms with van der Waals surface area (Å²) in [6.07, 6.45) is 3.41. The second-order valence-electron chi connectivity index (χ2n) is 3.78. The number of hydrogen-bond acceptors (Lipinski definition) is 2. The van der Waals surface area contributed by atoms with Crippen molar-refractivity contribution < 1.29 is 0 Å². The molecule has 0 atom stereocenters. The highest BCUT2D eigenvalue weighted by Crippen LogP contribution is 2.20. The van der Waals surface area contributed by atoms with E-state index >= 15 is 0 Å². The van der Waals surface area contributed by atoms with E-state index in [1.54, 1.807) is 12.4 Å². The molecule has 0 unspecified atom stereocenters. The number of thiocarbonyl (C=S) groups is 1. The second-order valence-corrected chi connectivity index (χ2v) is 4.60. The number of halogens is 1. The van der Waals surface area contributed by atoms with E-state index in [0.717, 1.165) is 16.9 Å². The SMILES string of the molecule is Cc1ccc(NC(=S)Nc2cccnc2)cc1Cl. The second kappa shape index (κ2) is 5.80. The topological polar surface area (TPSA) is 37.0 Å². The predicted octanol–water partition coefficient (Wildman–Crippen LogP) is 3.85. The lowest BCUT2D eigenvalue weighted by molar-refractivity contribution is 1.33. The fraction of sp³-hybridized carbons (Fsp3) is 0.0769. The van der Waals surface area contributed by atoms with Crippen LogP contribution in [0.15, 0.2) is 42.7 Å². The normalized spacial score (nSPS) is 9.89. The van der Waals surface area contributed by atoms with E-state index in [2.05, 4.69) is 15.6 Å². The van der Waals surface area contributed by atoms with Gasteiger partial charge in [-0.1, -0.05) is 17.7 Å². The summed E-state index contributed by atoms with van der Waals surface area (Å²) in [7, 11) is 0. The monoisotopic (exact) mass is 277 g/mol. The van der Waals surface area contributed by atoms with Crippen molar-refractivity contribution in [2.45, 2.75) is 6.92 Å². The zero-order valence-corrected chi connectivity index (χ0v) is 11.3. The first-order valence-electron chi connectivity index (χ1n) is 5.39. The van der Waals surface area contributed by atoms with Gasteiger partial charge in [0.1, 0.15) is 0 Å². The van der Waals surface area contributed by atoms with Gasteiger partial charge in [0.15, 0.2) is 5.11 Å². The Labute approximate surface area is 116 Å². The van der Waals surface area contributed by atoms with Crippen molar-refractivity contribution in [3.8, 4) is 0 Å². The Morgan fingerprint density at radius 3 is 2.67 bits per heavy atom. The first kappa shape index (κ1) is 12.8. The molecule has 18 heavy (non-hydrogen) atoms. The lowest BCUT2D eigenvalue weighted by Crippen LogP contribution is -2.19. The highest BCUT2D eigenvalue weighted by atomic mass is 35.5.